The molecule has 92 valence electrons. The average molecular weight is 243 g/mol. The standard InChI is InChI=1S/C12H21NO2S/c1-10(2)9-15-7-6-13-11(14)12(3)5-4-8-16-12/h1,4-9H2,2-3H3,(H,13,14). The minimum atomic E-state index is -0.214. The molecule has 1 N–H and O–H groups in total. The summed E-state index contributed by atoms with van der Waals surface area (Å²) < 4.78 is 5.11. The summed E-state index contributed by atoms with van der Waals surface area (Å²) in [7, 11) is 0. The van der Waals surface area contributed by atoms with Gasteiger partial charge in [0.05, 0.1) is 18.0 Å². The Morgan fingerprint density at radius 1 is 1.62 bits per heavy atom. The van der Waals surface area contributed by atoms with E-state index in [9.17, 15) is 4.79 Å². The minimum absolute atomic E-state index is 0.147. The summed E-state index contributed by atoms with van der Waals surface area (Å²) in [4.78, 5) is 11.9. The number of hydrogen-bond donors (Lipinski definition) is 1. The predicted octanol–water partition coefficient (Wildman–Crippen LogP) is 1.98. The monoisotopic (exact) mass is 243 g/mol. The van der Waals surface area contributed by atoms with Crippen molar-refractivity contribution in [3.8, 4) is 0 Å². The zero-order valence-electron chi connectivity index (χ0n) is 10.2. The van der Waals surface area contributed by atoms with Gasteiger partial charge in [-0.05, 0) is 32.4 Å². The molecule has 1 unspecified atom stereocenters. The van der Waals surface area contributed by atoms with Crippen LogP contribution in [-0.2, 0) is 9.53 Å². The molecular weight excluding hydrogens is 222 g/mol. The number of thioether (sulfide) groups is 1. The molecule has 0 saturated carbocycles. The van der Waals surface area contributed by atoms with Crippen molar-refractivity contribution in [2.24, 2.45) is 0 Å². The van der Waals surface area contributed by atoms with Crippen molar-refractivity contribution in [2.45, 2.75) is 31.4 Å². The Morgan fingerprint density at radius 3 is 2.94 bits per heavy atom. The molecule has 0 aromatic rings. The first-order chi connectivity index (χ1) is 7.54. The van der Waals surface area contributed by atoms with Crippen LogP contribution < -0.4 is 5.32 Å². The van der Waals surface area contributed by atoms with E-state index in [-0.39, 0.29) is 10.7 Å². The van der Waals surface area contributed by atoms with Gasteiger partial charge in [0.2, 0.25) is 5.91 Å². The molecule has 0 aromatic carbocycles. The first kappa shape index (κ1) is 13.6. The molecule has 1 aliphatic heterocycles. The number of carbonyl (C=O) groups is 1. The van der Waals surface area contributed by atoms with Gasteiger partial charge >= 0.3 is 0 Å². The van der Waals surface area contributed by atoms with Gasteiger partial charge in [0.15, 0.2) is 0 Å². The Hall–Kier alpha value is -0.480. The Bertz CT molecular complexity index is 260. The van der Waals surface area contributed by atoms with Gasteiger partial charge in [-0.15, -0.1) is 11.8 Å². The van der Waals surface area contributed by atoms with Crippen LogP contribution in [0.25, 0.3) is 0 Å². The van der Waals surface area contributed by atoms with Crippen molar-refractivity contribution >= 4 is 17.7 Å². The van der Waals surface area contributed by atoms with Crippen LogP contribution in [0.5, 0.6) is 0 Å². The average Bonchev–Trinajstić information content (AvgIpc) is 2.65. The largest absolute Gasteiger partial charge is 0.375 e. The van der Waals surface area contributed by atoms with Crippen molar-refractivity contribution in [3.63, 3.8) is 0 Å². The van der Waals surface area contributed by atoms with Crippen LogP contribution in [0.1, 0.15) is 26.7 Å². The number of ether oxygens (including phenoxy) is 1. The van der Waals surface area contributed by atoms with E-state index in [4.69, 9.17) is 4.74 Å². The van der Waals surface area contributed by atoms with Gasteiger partial charge in [-0.2, -0.15) is 0 Å². The van der Waals surface area contributed by atoms with Crippen molar-refractivity contribution in [3.05, 3.63) is 12.2 Å². The summed E-state index contributed by atoms with van der Waals surface area (Å²) in [5, 5.41) is 2.92. The Morgan fingerprint density at radius 2 is 2.38 bits per heavy atom. The van der Waals surface area contributed by atoms with Gasteiger partial charge in [0, 0.05) is 6.54 Å². The summed E-state index contributed by atoms with van der Waals surface area (Å²) in [6.07, 6.45) is 2.12. The zero-order chi connectivity index (χ0) is 12.0. The first-order valence-corrected chi connectivity index (χ1v) is 6.67. The lowest BCUT2D eigenvalue weighted by Crippen LogP contribution is -2.41. The van der Waals surface area contributed by atoms with Gasteiger partial charge in [0.25, 0.3) is 0 Å². The molecule has 0 aromatic heterocycles. The van der Waals surface area contributed by atoms with Crippen LogP contribution in [0.4, 0.5) is 0 Å². The fourth-order valence-electron chi connectivity index (χ4n) is 1.63. The molecule has 1 fully saturated rings. The fourth-order valence-corrected chi connectivity index (χ4v) is 2.86. The van der Waals surface area contributed by atoms with E-state index in [1.54, 1.807) is 11.8 Å². The molecule has 1 atom stereocenters. The number of hydrogen-bond acceptors (Lipinski definition) is 3. The summed E-state index contributed by atoms with van der Waals surface area (Å²) >= 11 is 1.75. The van der Waals surface area contributed by atoms with Crippen molar-refractivity contribution in [2.75, 3.05) is 25.5 Å². The highest BCUT2D eigenvalue weighted by Gasteiger charge is 2.36. The third kappa shape index (κ3) is 4.18. The van der Waals surface area contributed by atoms with Crippen molar-refractivity contribution < 1.29 is 9.53 Å². The normalized spacial score (nSPS) is 24.4. The van der Waals surface area contributed by atoms with Crippen LogP contribution in [0.3, 0.4) is 0 Å². The van der Waals surface area contributed by atoms with Gasteiger partial charge in [0.1, 0.15) is 0 Å². The highest BCUT2D eigenvalue weighted by molar-refractivity contribution is 8.01. The Labute approximate surface area is 102 Å². The molecule has 4 heteroatoms. The van der Waals surface area contributed by atoms with Crippen LogP contribution in [0.2, 0.25) is 0 Å². The maximum Gasteiger partial charge on any atom is 0.236 e. The van der Waals surface area contributed by atoms with Crippen molar-refractivity contribution in [1.82, 2.24) is 5.32 Å². The van der Waals surface area contributed by atoms with Crippen LogP contribution >= 0.6 is 11.8 Å². The lowest BCUT2D eigenvalue weighted by Gasteiger charge is -2.21. The lowest BCUT2D eigenvalue weighted by molar-refractivity contribution is -0.123. The van der Waals surface area contributed by atoms with E-state index in [1.165, 1.54) is 0 Å². The number of nitrogens with one attached hydrogen (secondary N) is 1. The van der Waals surface area contributed by atoms with E-state index in [2.05, 4.69) is 11.9 Å². The Kier molecular flexibility index (Phi) is 5.35. The van der Waals surface area contributed by atoms with Crippen molar-refractivity contribution in [1.29, 1.82) is 0 Å². The summed E-state index contributed by atoms with van der Waals surface area (Å²) in [5.41, 5.74) is 1.00. The van der Waals surface area contributed by atoms with E-state index >= 15 is 0 Å². The van der Waals surface area contributed by atoms with Crippen LogP contribution in [0.15, 0.2) is 12.2 Å². The minimum Gasteiger partial charge on any atom is -0.375 e. The SMILES string of the molecule is C=C(C)COCCNC(=O)C1(C)CCCS1. The maximum atomic E-state index is 11.9. The number of rotatable bonds is 6. The molecule has 1 saturated heterocycles. The predicted molar refractivity (Wildman–Crippen MR) is 68.7 cm³/mol. The quantitative estimate of drug-likeness (QED) is 0.572. The number of amides is 1. The fraction of sp³-hybridized carbons (Fsp3) is 0.750. The molecule has 0 bridgehead atoms. The Balaban J connectivity index is 2.13. The zero-order valence-corrected chi connectivity index (χ0v) is 11.0. The van der Waals surface area contributed by atoms with Crippen LogP contribution in [-0.4, -0.2) is 36.2 Å². The molecule has 0 aliphatic carbocycles. The summed E-state index contributed by atoms with van der Waals surface area (Å²) in [5.74, 6) is 1.24. The van der Waals surface area contributed by atoms with Crippen LogP contribution in [0, 0.1) is 0 Å². The third-order valence-corrected chi connectivity index (χ3v) is 4.10. The van der Waals surface area contributed by atoms with Gasteiger partial charge in [-0.3, -0.25) is 4.79 Å². The second kappa shape index (κ2) is 6.30. The molecule has 16 heavy (non-hydrogen) atoms. The topological polar surface area (TPSA) is 38.3 Å². The summed E-state index contributed by atoms with van der Waals surface area (Å²) in [6.45, 7) is 9.41. The lowest BCUT2D eigenvalue weighted by atomic mass is 10.1. The van der Waals surface area contributed by atoms with Gasteiger partial charge in [-0.25, -0.2) is 0 Å². The molecule has 1 aliphatic rings. The third-order valence-electron chi connectivity index (χ3n) is 2.58. The molecule has 1 heterocycles. The van der Waals surface area contributed by atoms with Gasteiger partial charge in [-0.1, -0.05) is 12.2 Å². The highest BCUT2D eigenvalue weighted by atomic mass is 32.2. The first-order valence-electron chi connectivity index (χ1n) is 5.69. The molecule has 3 nitrogen and oxygen atoms in total. The molecule has 1 rings (SSSR count). The second-order valence-electron chi connectivity index (χ2n) is 4.45. The van der Waals surface area contributed by atoms with Gasteiger partial charge < -0.3 is 10.1 Å². The molecule has 1 amide bonds. The highest BCUT2D eigenvalue weighted by Crippen LogP contribution is 2.37. The number of carbonyl (C=O) groups excluding carboxylic acids is 1. The summed E-state index contributed by atoms with van der Waals surface area (Å²) in [6, 6.07) is 0. The van der Waals surface area contributed by atoms with E-state index < -0.39 is 0 Å². The smallest absolute Gasteiger partial charge is 0.236 e. The molecule has 0 spiro atoms. The van der Waals surface area contributed by atoms with E-state index in [0.717, 1.165) is 24.2 Å². The second-order valence-corrected chi connectivity index (χ2v) is 6.05. The molecule has 0 radical (unpaired) electrons. The maximum absolute atomic E-state index is 11.9. The van der Waals surface area contributed by atoms with E-state index in [1.807, 2.05) is 13.8 Å². The van der Waals surface area contributed by atoms with E-state index in [0.29, 0.717) is 19.8 Å². The molecular formula is C12H21NO2S.